The summed E-state index contributed by atoms with van der Waals surface area (Å²) in [6.45, 7) is 2.05. The van der Waals surface area contributed by atoms with Crippen molar-refractivity contribution in [2.75, 3.05) is 5.32 Å². The summed E-state index contributed by atoms with van der Waals surface area (Å²) in [7, 11) is 1.86. The molecule has 2 fully saturated rings. The number of hydrogen-bond acceptors (Lipinski definition) is 6. The number of carbonyl (C=O) groups excluding carboxylic acids is 1. The third kappa shape index (κ3) is 3.79. The summed E-state index contributed by atoms with van der Waals surface area (Å²) in [6.07, 6.45) is 9.84. The normalized spacial score (nSPS) is 23.5. The second kappa shape index (κ2) is 6.59. The number of rotatable bonds is 5. The molecule has 2 aliphatic rings. The second-order valence-corrected chi connectivity index (χ2v) is 7.53. The van der Waals surface area contributed by atoms with Crippen LogP contribution in [0.2, 0.25) is 0 Å². The average Bonchev–Trinajstić information content (AvgIpc) is 2.98. The Hall–Kier alpha value is -2.64. The van der Waals surface area contributed by atoms with Crippen molar-refractivity contribution in [3.63, 3.8) is 0 Å². The first-order valence-corrected chi connectivity index (χ1v) is 9.06. The van der Waals surface area contributed by atoms with Gasteiger partial charge in [0.25, 0.3) is 0 Å². The van der Waals surface area contributed by atoms with Crippen molar-refractivity contribution in [3.05, 3.63) is 30.2 Å². The fourth-order valence-corrected chi connectivity index (χ4v) is 3.31. The van der Waals surface area contributed by atoms with Crippen LogP contribution in [0.15, 0.2) is 24.7 Å². The van der Waals surface area contributed by atoms with Gasteiger partial charge in [0, 0.05) is 31.0 Å². The van der Waals surface area contributed by atoms with Crippen LogP contribution in [0.3, 0.4) is 0 Å². The van der Waals surface area contributed by atoms with Gasteiger partial charge < -0.3 is 15.4 Å². The lowest BCUT2D eigenvalue weighted by Gasteiger charge is -2.16. The molecule has 2 aromatic rings. The Morgan fingerprint density at radius 3 is 2.73 bits per heavy atom. The zero-order valence-electron chi connectivity index (χ0n) is 15.1. The van der Waals surface area contributed by atoms with Gasteiger partial charge in [-0.1, -0.05) is 0 Å². The molecule has 0 aromatic carbocycles. The van der Waals surface area contributed by atoms with E-state index in [2.05, 4.69) is 25.7 Å². The molecule has 2 heterocycles. The number of amides is 1. The molecule has 8 nitrogen and oxygen atoms in total. The summed E-state index contributed by atoms with van der Waals surface area (Å²) in [5.74, 6) is 1.71. The fourth-order valence-electron chi connectivity index (χ4n) is 3.31. The first-order valence-electron chi connectivity index (χ1n) is 9.06. The van der Waals surface area contributed by atoms with Crippen molar-refractivity contribution in [2.45, 2.75) is 56.6 Å². The largest absolute Gasteiger partial charge is 0.446 e. The summed E-state index contributed by atoms with van der Waals surface area (Å²) < 4.78 is 7.30. The van der Waals surface area contributed by atoms with Gasteiger partial charge in [-0.05, 0) is 50.5 Å². The zero-order chi connectivity index (χ0) is 18.1. The summed E-state index contributed by atoms with van der Waals surface area (Å²) >= 11 is 0. The van der Waals surface area contributed by atoms with Gasteiger partial charge in [0.2, 0.25) is 5.95 Å². The van der Waals surface area contributed by atoms with E-state index in [-0.39, 0.29) is 17.7 Å². The van der Waals surface area contributed by atoms with Gasteiger partial charge in [-0.25, -0.2) is 14.8 Å². The molecule has 0 aliphatic heterocycles. The van der Waals surface area contributed by atoms with E-state index in [0.29, 0.717) is 11.9 Å². The molecule has 2 atom stereocenters. The number of aryl methyl sites for hydroxylation is 1. The molecule has 4 rings (SSSR count). The molecule has 138 valence electrons. The van der Waals surface area contributed by atoms with Crippen molar-refractivity contribution in [1.29, 1.82) is 0 Å². The van der Waals surface area contributed by atoms with Crippen LogP contribution in [0.1, 0.15) is 50.5 Å². The van der Waals surface area contributed by atoms with Crippen LogP contribution in [0.5, 0.6) is 0 Å². The van der Waals surface area contributed by atoms with Gasteiger partial charge in [-0.2, -0.15) is 5.10 Å². The highest BCUT2D eigenvalue weighted by Gasteiger charge is 2.40. The molecule has 2 aromatic heterocycles. The second-order valence-electron chi connectivity index (χ2n) is 7.53. The molecular formula is C18H24N6O2. The zero-order valence-corrected chi connectivity index (χ0v) is 15.1. The molecule has 1 amide bonds. The Kier molecular flexibility index (Phi) is 4.26. The number of aromatic nitrogens is 4. The lowest BCUT2D eigenvalue weighted by Crippen LogP contribution is -2.36. The highest BCUT2D eigenvalue weighted by molar-refractivity contribution is 5.69. The standard InChI is InChI=1S/C18H24N6O2/c1-18(6-7-18)23-17(25)26-14-4-3-12(9-14)13-10-19-16(20-11-13)22-15-5-8-21-24(15)2/h5,8,10-12,14H,3-4,6-7,9H2,1-2H3,(H,23,25)(H,19,20,22). The van der Waals surface area contributed by atoms with Crippen LogP contribution < -0.4 is 10.6 Å². The predicted molar refractivity (Wildman–Crippen MR) is 96.2 cm³/mol. The van der Waals surface area contributed by atoms with Crippen molar-refractivity contribution in [1.82, 2.24) is 25.1 Å². The molecule has 0 spiro atoms. The van der Waals surface area contributed by atoms with Gasteiger partial charge in [-0.15, -0.1) is 0 Å². The summed E-state index contributed by atoms with van der Waals surface area (Å²) in [6, 6.07) is 1.86. The predicted octanol–water partition coefficient (Wildman–Crippen LogP) is 2.87. The SMILES string of the molecule is Cn1nccc1Nc1ncc(C2CCC(OC(=O)NC3(C)CC3)C2)cn1. The average molecular weight is 356 g/mol. The molecule has 0 radical (unpaired) electrons. The molecule has 2 N–H and O–H groups in total. The maximum Gasteiger partial charge on any atom is 0.407 e. The van der Waals surface area contributed by atoms with Crippen molar-refractivity contribution >= 4 is 17.9 Å². The van der Waals surface area contributed by atoms with Crippen molar-refractivity contribution in [3.8, 4) is 0 Å². The third-order valence-electron chi connectivity index (χ3n) is 5.27. The Balaban J connectivity index is 1.30. The van der Waals surface area contributed by atoms with E-state index in [4.69, 9.17) is 4.74 Å². The number of ether oxygens (including phenoxy) is 1. The van der Waals surface area contributed by atoms with Crippen LogP contribution in [0.25, 0.3) is 0 Å². The molecular weight excluding hydrogens is 332 g/mol. The molecule has 2 unspecified atom stereocenters. The number of nitrogens with zero attached hydrogens (tertiary/aromatic N) is 4. The topological polar surface area (TPSA) is 94.0 Å². The van der Waals surface area contributed by atoms with E-state index >= 15 is 0 Å². The first kappa shape index (κ1) is 16.8. The van der Waals surface area contributed by atoms with E-state index in [1.54, 1.807) is 10.9 Å². The van der Waals surface area contributed by atoms with Gasteiger partial charge in [0.15, 0.2) is 0 Å². The minimum Gasteiger partial charge on any atom is -0.446 e. The van der Waals surface area contributed by atoms with Gasteiger partial charge in [0.1, 0.15) is 11.9 Å². The highest BCUT2D eigenvalue weighted by atomic mass is 16.6. The van der Waals surface area contributed by atoms with Crippen LogP contribution >= 0.6 is 0 Å². The summed E-state index contributed by atoms with van der Waals surface area (Å²) in [5.41, 5.74) is 1.04. The van der Waals surface area contributed by atoms with E-state index in [1.165, 1.54) is 0 Å². The van der Waals surface area contributed by atoms with Crippen LogP contribution in [0.4, 0.5) is 16.6 Å². The fraction of sp³-hybridized carbons (Fsp3) is 0.556. The monoisotopic (exact) mass is 356 g/mol. The maximum atomic E-state index is 11.9. The quantitative estimate of drug-likeness (QED) is 0.855. The van der Waals surface area contributed by atoms with E-state index < -0.39 is 0 Å². The van der Waals surface area contributed by atoms with E-state index in [0.717, 1.165) is 43.5 Å². The minimum atomic E-state index is -0.289. The van der Waals surface area contributed by atoms with Crippen LogP contribution in [-0.2, 0) is 11.8 Å². The third-order valence-corrected chi connectivity index (χ3v) is 5.27. The number of hydrogen-bond donors (Lipinski definition) is 2. The number of alkyl carbamates (subject to hydrolysis) is 1. The van der Waals surface area contributed by atoms with Gasteiger partial charge in [0.05, 0.1) is 6.20 Å². The summed E-state index contributed by atoms with van der Waals surface area (Å²) in [4.78, 5) is 20.7. The Morgan fingerprint density at radius 2 is 2.08 bits per heavy atom. The molecule has 26 heavy (non-hydrogen) atoms. The minimum absolute atomic E-state index is 0.0328. The molecule has 0 bridgehead atoms. The van der Waals surface area contributed by atoms with Crippen LogP contribution in [0, 0.1) is 0 Å². The lowest BCUT2D eigenvalue weighted by atomic mass is 10.0. The lowest BCUT2D eigenvalue weighted by molar-refractivity contribution is 0.0967. The number of nitrogens with one attached hydrogen (secondary N) is 2. The maximum absolute atomic E-state index is 11.9. The summed E-state index contributed by atoms with van der Waals surface area (Å²) in [5, 5.41) is 10.2. The van der Waals surface area contributed by atoms with E-state index in [9.17, 15) is 4.79 Å². The highest BCUT2D eigenvalue weighted by Crippen LogP contribution is 2.37. The number of anilines is 2. The van der Waals surface area contributed by atoms with Crippen molar-refractivity contribution in [2.24, 2.45) is 7.05 Å². The Bertz CT molecular complexity index is 783. The Labute approximate surface area is 152 Å². The smallest absolute Gasteiger partial charge is 0.407 e. The van der Waals surface area contributed by atoms with Crippen molar-refractivity contribution < 1.29 is 9.53 Å². The van der Waals surface area contributed by atoms with E-state index in [1.807, 2.05) is 32.4 Å². The molecule has 8 heteroatoms. The Morgan fingerprint density at radius 1 is 1.31 bits per heavy atom. The number of carbonyl (C=O) groups is 1. The first-order chi connectivity index (χ1) is 12.5. The molecule has 0 saturated heterocycles. The van der Waals surface area contributed by atoms with Crippen LogP contribution in [-0.4, -0.2) is 37.5 Å². The molecule has 2 saturated carbocycles. The van der Waals surface area contributed by atoms with Gasteiger partial charge >= 0.3 is 6.09 Å². The van der Waals surface area contributed by atoms with Gasteiger partial charge in [-0.3, -0.25) is 4.68 Å². The molecule has 2 aliphatic carbocycles.